The maximum atomic E-state index is 12.0. The molecule has 18 heavy (non-hydrogen) atoms. The van der Waals surface area contributed by atoms with E-state index >= 15 is 0 Å². The zero-order valence-electron chi connectivity index (χ0n) is 10.1. The number of esters is 1. The van der Waals surface area contributed by atoms with Gasteiger partial charge in [-0.05, 0) is 24.6 Å². The molecule has 6 heteroatoms. The highest BCUT2D eigenvalue weighted by Gasteiger charge is 2.22. The number of hydrogen-bond donors (Lipinski definition) is 2. The number of carbonyl (C=O) groups is 2. The second-order valence-corrected chi connectivity index (χ2v) is 4.50. The number of ether oxygens (including phenoxy) is 1. The van der Waals surface area contributed by atoms with E-state index in [-0.39, 0.29) is 0 Å². The first-order valence-electron chi connectivity index (χ1n) is 5.26. The minimum absolute atomic E-state index is 0.432. The molecule has 0 bridgehead atoms. The Balaban J connectivity index is 2.88. The first-order chi connectivity index (χ1) is 8.51. The number of amides is 1. The van der Waals surface area contributed by atoms with Gasteiger partial charge in [-0.1, -0.05) is 22.0 Å². The summed E-state index contributed by atoms with van der Waals surface area (Å²) in [5.41, 5.74) is 1.20. The summed E-state index contributed by atoms with van der Waals surface area (Å²) in [6.45, 7) is 1.27. The molecule has 1 amide bonds. The molecule has 1 aromatic carbocycles. The molecule has 1 unspecified atom stereocenters. The Labute approximate surface area is 113 Å². The summed E-state index contributed by atoms with van der Waals surface area (Å²) in [5, 5.41) is 11.4. The third-order valence-corrected chi connectivity index (χ3v) is 3.35. The van der Waals surface area contributed by atoms with Crippen LogP contribution in [0.1, 0.15) is 15.9 Å². The van der Waals surface area contributed by atoms with Crippen molar-refractivity contribution in [2.45, 2.75) is 13.0 Å². The first-order valence-corrected chi connectivity index (χ1v) is 6.05. The fourth-order valence-electron chi connectivity index (χ4n) is 1.41. The van der Waals surface area contributed by atoms with Gasteiger partial charge in [0.25, 0.3) is 5.91 Å². The molecule has 0 heterocycles. The van der Waals surface area contributed by atoms with Crippen LogP contribution in [0.15, 0.2) is 22.7 Å². The van der Waals surface area contributed by atoms with Crippen LogP contribution in [0.4, 0.5) is 0 Å². The average molecular weight is 316 g/mol. The Bertz CT molecular complexity index is 461. The lowest BCUT2D eigenvalue weighted by Crippen LogP contribution is -2.44. The summed E-state index contributed by atoms with van der Waals surface area (Å²) < 4.78 is 5.27. The highest BCUT2D eigenvalue weighted by atomic mass is 79.9. The molecule has 0 spiro atoms. The number of nitrogens with one attached hydrogen (secondary N) is 1. The number of benzene rings is 1. The normalized spacial score (nSPS) is 11.8. The van der Waals surface area contributed by atoms with Gasteiger partial charge >= 0.3 is 5.97 Å². The van der Waals surface area contributed by atoms with E-state index in [0.29, 0.717) is 5.56 Å². The topological polar surface area (TPSA) is 75.6 Å². The smallest absolute Gasteiger partial charge is 0.330 e. The molecule has 5 nitrogen and oxygen atoms in total. The lowest BCUT2D eigenvalue weighted by atomic mass is 10.1. The molecule has 0 aromatic heterocycles. The van der Waals surface area contributed by atoms with Crippen molar-refractivity contribution in [3.05, 3.63) is 33.8 Å². The van der Waals surface area contributed by atoms with Gasteiger partial charge < -0.3 is 15.2 Å². The van der Waals surface area contributed by atoms with Gasteiger partial charge in [0, 0.05) is 10.0 Å². The second-order valence-electron chi connectivity index (χ2n) is 3.64. The molecule has 0 aliphatic rings. The Morgan fingerprint density at radius 2 is 2.17 bits per heavy atom. The number of hydrogen-bond acceptors (Lipinski definition) is 4. The molecule has 0 aliphatic heterocycles. The van der Waals surface area contributed by atoms with Gasteiger partial charge in [0.2, 0.25) is 0 Å². The number of halogens is 1. The number of methoxy groups -OCH3 is 1. The van der Waals surface area contributed by atoms with Crippen LogP contribution in [0.3, 0.4) is 0 Å². The first kappa shape index (κ1) is 14.7. The van der Waals surface area contributed by atoms with Crippen molar-refractivity contribution in [2.24, 2.45) is 0 Å². The Kier molecular flexibility index (Phi) is 5.30. The average Bonchev–Trinajstić information content (AvgIpc) is 2.37. The monoisotopic (exact) mass is 315 g/mol. The van der Waals surface area contributed by atoms with E-state index in [1.165, 1.54) is 7.11 Å². The molecular weight excluding hydrogens is 302 g/mol. The predicted octanol–water partition coefficient (Wildman–Crippen LogP) is 1.02. The van der Waals surface area contributed by atoms with Crippen LogP contribution in [-0.4, -0.2) is 36.7 Å². The molecule has 0 fully saturated rings. The molecule has 98 valence electrons. The van der Waals surface area contributed by atoms with Crippen molar-refractivity contribution in [3.63, 3.8) is 0 Å². The summed E-state index contributed by atoms with van der Waals surface area (Å²) in [4.78, 5) is 23.2. The largest absolute Gasteiger partial charge is 0.467 e. The number of rotatable bonds is 4. The van der Waals surface area contributed by atoms with E-state index in [1.807, 2.05) is 6.07 Å². The van der Waals surface area contributed by atoms with Crippen LogP contribution in [-0.2, 0) is 9.53 Å². The van der Waals surface area contributed by atoms with E-state index in [4.69, 9.17) is 5.11 Å². The fourth-order valence-corrected chi connectivity index (χ4v) is 1.78. The molecule has 0 aliphatic carbocycles. The van der Waals surface area contributed by atoms with Crippen molar-refractivity contribution < 1.29 is 19.4 Å². The highest BCUT2D eigenvalue weighted by molar-refractivity contribution is 9.10. The van der Waals surface area contributed by atoms with Gasteiger partial charge in [-0.25, -0.2) is 4.79 Å². The maximum absolute atomic E-state index is 12.0. The highest BCUT2D eigenvalue weighted by Crippen LogP contribution is 2.19. The van der Waals surface area contributed by atoms with Gasteiger partial charge in [0.15, 0.2) is 6.04 Å². The molecule has 0 saturated carbocycles. The minimum Gasteiger partial charge on any atom is -0.467 e. The van der Waals surface area contributed by atoms with Gasteiger partial charge in [-0.2, -0.15) is 0 Å². The van der Waals surface area contributed by atoms with Gasteiger partial charge in [0.05, 0.1) is 13.7 Å². The SMILES string of the molecule is COC(=O)C(CO)NC(=O)c1cccc(Br)c1C. The van der Waals surface area contributed by atoms with E-state index in [9.17, 15) is 9.59 Å². The van der Waals surface area contributed by atoms with E-state index in [2.05, 4.69) is 26.0 Å². The van der Waals surface area contributed by atoms with Crippen LogP contribution in [0, 0.1) is 6.92 Å². The molecule has 0 saturated heterocycles. The summed E-state index contributed by atoms with van der Waals surface area (Å²) >= 11 is 3.32. The minimum atomic E-state index is -1.05. The predicted molar refractivity (Wildman–Crippen MR) is 69.2 cm³/mol. The van der Waals surface area contributed by atoms with Crippen molar-refractivity contribution >= 4 is 27.8 Å². The van der Waals surface area contributed by atoms with Gasteiger partial charge in [-0.15, -0.1) is 0 Å². The van der Waals surface area contributed by atoms with Crippen molar-refractivity contribution in [1.29, 1.82) is 0 Å². The van der Waals surface area contributed by atoms with E-state index in [0.717, 1.165) is 10.0 Å². The summed E-state index contributed by atoms with van der Waals surface area (Å²) in [5.74, 6) is -1.11. The number of aliphatic hydroxyl groups excluding tert-OH is 1. The number of aliphatic hydroxyl groups is 1. The van der Waals surface area contributed by atoms with Crippen LogP contribution in [0.5, 0.6) is 0 Å². The zero-order valence-corrected chi connectivity index (χ0v) is 11.7. The Morgan fingerprint density at radius 1 is 1.50 bits per heavy atom. The molecule has 1 atom stereocenters. The molecule has 2 N–H and O–H groups in total. The van der Waals surface area contributed by atoms with Gasteiger partial charge in [0.1, 0.15) is 0 Å². The van der Waals surface area contributed by atoms with E-state index in [1.54, 1.807) is 19.1 Å². The van der Waals surface area contributed by atoms with Crippen molar-refractivity contribution in [2.75, 3.05) is 13.7 Å². The zero-order chi connectivity index (χ0) is 13.7. The summed E-state index contributed by atoms with van der Waals surface area (Å²) in [6.07, 6.45) is 0. The summed E-state index contributed by atoms with van der Waals surface area (Å²) in [6, 6.07) is 4.12. The van der Waals surface area contributed by atoms with Crippen LogP contribution >= 0.6 is 15.9 Å². The fraction of sp³-hybridized carbons (Fsp3) is 0.333. The van der Waals surface area contributed by atoms with Crippen molar-refractivity contribution in [3.8, 4) is 0 Å². The molecule has 1 aromatic rings. The van der Waals surface area contributed by atoms with Crippen LogP contribution < -0.4 is 5.32 Å². The standard InChI is InChI=1S/C12H14BrNO4/c1-7-8(4-3-5-9(7)13)11(16)14-10(6-15)12(17)18-2/h3-5,10,15H,6H2,1-2H3,(H,14,16). The van der Waals surface area contributed by atoms with Crippen LogP contribution in [0.25, 0.3) is 0 Å². The molecule has 1 rings (SSSR count). The molecular formula is C12H14BrNO4. The third kappa shape index (κ3) is 3.30. The van der Waals surface area contributed by atoms with Crippen LogP contribution in [0.2, 0.25) is 0 Å². The Hall–Kier alpha value is -1.40. The quantitative estimate of drug-likeness (QED) is 0.813. The van der Waals surface area contributed by atoms with Crippen molar-refractivity contribution in [1.82, 2.24) is 5.32 Å². The molecule has 0 radical (unpaired) electrons. The lowest BCUT2D eigenvalue weighted by molar-refractivity contribution is -0.143. The summed E-state index contributed by atoms with van der Waals surface area (Å²) in [7, 11) is 1.20. The Morgan fingerprint density at radius 3 is 2.72 bits per heavy atom. The second kappa shape index (κ2) is 6.51. The maximum Gasteiger partial charge on any atom is 0.330 e. The number of carbonyl (C=O) groups excluding carboxylic acids is 2. The lowest BCUT2D eigenvalue weighted by Gasteiger charge is -2.15. The third-order valence-electron chi connectivity index (χ3n) is 2.49. The van der Waals surface area contributed by atoms with Gasteiger partial charge in [-0.3, -0.25) is 4.79 Å². The van der Waals surface area contributed by atoms with E-state index < -0.39 is 24.5 Å².